The second-order valence-electron chi connectivity index (χ2n) is 7.40. The zero-order valence-electron chi connectivity index (χ0n) is 15.0. The highest BCUT2D eigenvalue weighted by atomic mass is 16.5. The predicted molar refractivity (Wildman–Crippen MR) is 93.5 cm³/mol. The van der Waals surface area contributed by atoms with Crippen LogP contribution < -0.4 is 0 Å². The van der Waals surface area contributed by atoms with E-state index in [9.17, 15) is 4.79 Å². The standard InChI is InChI=1S/C19H29N3O2/c1-14(24-13-15-6-7-15)19(23)22(3)12-17-8-10-21(2)18(17)16-5-4-9-20-11-16/h4-5,9,11,14-15,17-18H,6-8,10,12-13H2,1-3H3/t14?,17-,18-/m0/s1. The maximum atomic E-state index is 12.6. The van der Waals surface area contributed by atoms with Gasteiger partial charge in [0.15, 0.2) is 0 Å². The number of nitrogens with zero attached hydrogens (tertiary/aromatic N) is 3. The summed E-state index contributed by atoms with van der Waals surface area (Å²) in [7, 11) is 4.05. The molecule has 1 amide bonds. The van der Waals surface area contributed by atoms with E-state index in [1.54, 1.807) is 0 Å². The topological polar surface area (TPSA) is 45.7 Å². The lowest BCUT2D eigenvalue weighted by atomic mass is 9.94. The van der Waals surface area contributed by atoms with Crippen LogP contribution in [0.25, 0.3) is 0 Å². The average molecular weight is 331 g/mol. The zero-order valence-corrected chi connectivity index (χ0v) is 15.0. The molecule has 5 nitrogen and oxygen atoms in total. The van der Waals surface area contributed by atoms with E-state index in [4.69, 9.17) is 4.74 Å². The Kier molecular flexibility index (Phi) is 5.51. The highest BCUT2D eigenvalue weighted by Gasteiger charge is 2.35. The van der Waals surface area contributed by atoms with Crippen molar-refractivity contribution < 1.29 is 9.53 Å². The fourth-order valence-electron chi connectivity index (χ4n) is 3.68. The molecule has 0 N–H and O–H groups in total. The highest BCUT2D eigenvalue weighted by molar-refractivity contribution is 5.80. The van der Waals surface area contributed by atoms with Crippen LogP contribution in [-0.2, 0) is 9.53 Å². The predicted octanol–water partition coefficient (Wildman–Crippen LogP) is 2.35. The zero-order chi connectivity index (χ0) is 17.1. The number of carbonyl (C=O) groups excluding carboxylic acids is 1. The van der Waals surface area contributed by atoms with Gasteiger partial charge in [0.25, 0.3) is 5.91 Å². The van der Waals surface area contributed by atoms with Gasteiger partial charge in [-0.25, -0.2) is 0 Å². The Hall–Kier alpha value is -1.46. The smallest absolute Gasteiger partial charge is 0.251 e. The molecule has 2 fully saturated rings. The summed E-state index contributed by atoms with van der Waals surface area (Å²) in [6.45, 7) is 4.42. The van der Waals surface area contributed by atoms with Crippen molar-refractivity contribution >= 4 is 5.91 Å². The van der Waals surface area contributed by atoms with Gasteiger partial charge in [0.05, 0.1) is 6.61 Å². The first-order valence-corrected chi connectivity index (χ1v) is 9.03. The summed E-state index contributed by atoms with van der Waals surface area (Å²) in [5.41, 5.74) is 1.24. The average Bonchev–Trinajstić information content (AvgIpc) is 3.35. The van der Waals surface area contributed by atoms with E-state index in [1.807, 2.05) is 37.3 Å². The van der Waals surface area contributed by atoms with Crippen LogP contribution in [0.1, 0.15) is 37.8 Å². The van der Waals surface area contributed by atoms with E-state index in [0.29, 0.717) is 17.9 Å². The van der Waals surface area contributed by atoms with Crippen molar-refractivity contribution in [1.29, 1.82) is 0 Å². The molecule has 1 aromatic rings. The van der Waals surface area contributed by atoms with Gasteiger partial charge in [-0.15, -0.1) is 0 Å². The molecule has 3 rings (SSSR count). The molecule has 0 spiro atoms. The van der Waals surface area contributed by atoms with E-state index in [2.05, 4.69) is 23.0 Å². The lowest BCUT2D eigenvalue weighted by Gasteiger charge is -2.29. The van der Waals surface area contributed by atoms with Crippen molar-refractivity contribution in [3.8, 4) is 0 Å². The van der Waals surface area contributed by atoms with E-state index in [0.717, 1.165) is 26.1 Å². The van der Waals surface area contributed by atoms with Crippen LogP contribution in [0.4, 0.5) is 0 Å². The van der Waals surface area contributed by atoms with Crippen LogP contribution in [0.2, 0.25) is 0 Å². The van der Waals surface area contributed by atoms with E-state index in [1.165, 1.54) is 18.4 Å². The summed E-state index contributed by atoms with van der Waals surface area (Å²) in [4.78, 5) is 21.0. The van der Waals surface area contributed by atoms with Gasteiger partial charge >= 0.3 is 0 Å². The molecule has 5 heteroatoms. The Morgan fingerprint density at radius 2 is 2.25 bits per heavy atom. The molecule has 1 saturated carbocycles. The van der Waals surface area contributed by atoms with E-state index in [-0.39, 0.29) is 12.0 Å². The number of likely N-dealkylation sites (tertiary alicyclic amines) is 1. The number of amides is 1. The number of likely N-dealkylation sites (N-methyl/N-ethyl adjacent to an activating group) is 1. The Balaban J connectivity index is 1.57. The fraction of sp³-hybridized carbons (Fsp3) is 0.684. The monoisotopic (exact) mass is 331 g/mol. The summed E-state index contributed by atoms with van der Waals surface area (Å²) >= 11 is 0. The van der Waals surface area contributed by atoms with Crippen LogP contribution in [0.3, 0.4) is 0 Å². The quantitative estimate of drug-likeness (QED) is 0.769. The molecule has 0 aromatic carbocycles. The van der Waals surface area contributed by atoms with Crippen molar-refractivity contribution in [2.45, 2.75) is 38.3 Å². The maximum Gasteiger partial charge on any atom is 0.251 e. The molecule has 1 aromatic heterocycles. The van der Waals surface area contributed by atoms with Crippen molar-refractivity contribution in [2.75, 3.05) is 33.8 Å². The minimum Gasteiger partial charge on any atom is -0.368 e. The summed E-state index contributed by atoms with van der Waals surface area (Å²) in [5, 5.41) is 0. The van der Waals surface area contributed by atoms with E-state index >= 15 is 0 Å². The summed E-state index contributed by atoms with van der Waals surface area (Å²) in [5.74, 6) is 1.21. The van der Waals surface area contributed by atoms with Crippen LogP contribution >= 0.6 is 0 Å². The molecular formula is C19H29N3O2. The van der Waals surface area contributed by atoms with Crippen molar-refractivity contribution in [2.24, 2.45) is 11.8 Å². The molecule has 2 heterocycles. The molecule has 0 radical (unpaired) electrons. The molecular weight excluding hydrogens is 302 g/mol. The van der Waals surface area contributed by atoms with Gasteiger partial charge in [-0.05, 0) is 63.2 Å². The van der Waals surface area contributed by atoms with Gasteiger partial charge in [0.1, 0.15) is 6.10 Å². The first kappa shape index (κ1) is 17.4. The molecule has 1 aliphatic carbocycles. The van der Waals surface area contributed by atoms with Gasteiger partial charge in [0.2, 0.25) is 0 Å². The third-order valence-electron chi connectivity index (χ3n) is 5.31. The van der Waals surface area contributed by atoms with Gasteiger partial charge in [-0.3, -0.25) is 14.7 Å². The van der Waals surface area contributed by atoms with Crippen LogP contribution in [0.15, 0.2) is 24.5 Å². The minimum atomic E-state index is -0.341. The molecule has 2 aliphatic rings. The van der Waals surface area contributed by atoms with Crippen molar-refractivity contribution in [3.63, 3.8) is 0 Å². The Bertz CT molecular complexity index is 547. The number of hydrogen-bond donors (Lipinski definition) is 0. The Morgan fingerprint density at radius 3 is 2.92 bits per heavy atom. The first-order valence-electron chi connectivity index (χ1n) is 9.03. The second kappa shape index (κ2) is 7.62. The number of aromatic nitrogens is 1. The Morgan fingerprint density at radius 1 is 1.46 bits per heavy atom. The molecule has 132 valence electrons. The van der Waals surface area contributed by atoms with Gasteiger partial charge < -0.3 is 9.64 Å². The third-order valence-corrected chi connectivity index (χ3v) is 5.31. The van der Waals surface area contributed by atoms with Gasteiger partial charge in [-0.2, -0.15) is 0 Å². The van der Waals surface area contributed by atoms with Gasteiger partial charge in [0, 0.05) is 32.0 Å². The summed E-state index contributed by atoms with van der Waals surface area (Å²) < 4.78 is 5.73. The first-order chi connectivity index (χ1) is 11.6. The third kappa shape index (κ3) is 4.14. The van der Waals surface area contributed by atoms with Crippen molar-refractivity contribution in [1.82, 2.24) is 14.8 Å². The number of ether oxygens (including phenoxy) is 1. The number of rotatable bonds is 7. The lowest BCUT2D eigenvalue weighted by Crippen LogP contribution is -2.40. The van der Waals surface area contributed by atoms with Gasteiger partial charge in [-0.1, -0.05) is 6.07 Å². The molecule has 3 atom stereocenters. The number of pyridine rings is 1. The summed E-state index contributed by atoms with van der Waals surface area (Å²) in [6, 6.07) is 4.45. The van der Waals surface area contributed by atoms with Crippen LogP contribution in [0, 0.1) is 11.8 Å². The second-order valence-corrected chi connectivity index (χ2v) is 7.40. The highest BCUT2D eigenvalue weighted by Crippen LogP contribution is 2.36. The molecule has 1 aliphatic heterocycles. The molecule has 1 unspecified atom stereocenters. The fourth-order valence-corrected chi connectivity index (χ4v) is 3.68. The normalized spacial score (nSPS) is 25.6. The molecule has 24 heavy (non-hydrogen) atoms. The van der Waals surface area contributed by atoms with Crippen LogP contribution in [0.5, 0.6) is 0 Å². The largest absolute Gasteiger partial charge is 0.368 e. The van der Waals surface area contributed by atoms with Crippen LogP contribution in [-0.4, -0.2) is 60.6 Å². The van der Waals surface area contributed by atoms with Crippen molar-refractivity contribution in [3.05, 3.63) is 30.1 Å². The Labute approximate surface area is 145 Å². The summed E-state index contributed by atoms with van der Waals surface area (Å²) in [6.07, 6.45) is 7.01. The SMILES string of the molecule is CC(OCC1CC1)C(=O)N(C)C[C@@H]1CCN(C)[C@H]1c1cccnc1. The number of hydrogen-bond acceptors (Lipinski definition) is 4. The lowest BCUT2D eigenvalue weighted by molar-refractivity contribution is -0.142. The maximum absolute atomic E-state index is 12.6. The number of carbonyl (C=O) groups is 1. The van der Waals surface area contributed by atoms with E-state index < -0.39 is 0 Å². The molecule has 1 saturated heterocycles. The molecule has 0 bridgehead atoms. The minimum absolute atomic E-state index is 0.0927.